The van der Waals surface area contributed by atoms with E-state index in [9.17, 15) is 9.59 Å². The normalized spacial score (nSPS) is 22.5. The lowest BCUT2D eigenvalue weighted by Crippen LogP contribution is -2.32. The summed E-state index contributed by atoms with van der Waals surface area (Å²) in [5, 5.41) is 0. The van der Waals surface area contributed by atoms with Gasteiger partial charge in [-0.2, -0.15) is 0 Å². The Kier molecular flexibility index (Phi) is 4.03. The Morgan fingerprint density at radius 1 is 1.57 bits per heavy atom. The molecule has 0 aromatic carbocycles. The Labute approximate surface area is 83.2 Å². The number of ketones is 1. The summed E-state index contributed by atoms with van der Waals surface area (Å²) in [4.78, 5) is 24.0. The molecule has 5 heteroatoms. The number of ether oxygens (including phenoxy) is 1. The van der Waals surface area contributed by atoms with E-state index in [2.05, 4.69) is 0 Å². The maximum Gasteiger partial charge on any atom is 0.221 e. The third-order valence-corrected chi connectivity index (χ3v) is 2.38. The fraction of sp³-hybridized carbons (Fsp3) is 0.778. The van der Waals surface area contributed by atoms with E-state index in [-0.39, 0.29) is 24.2 Å². The zero-order chi connectivity index (χ0) is 10.6. The molecule has 0 spiro atoms. The average Bonchev–Trinajstić information content (AvgIpc) is 2.53. The van der Waals surface area contributed by atoms with Gasteiger partial charge in [0.15, 0.2) is 5.78 Å². The Morgan fingerprint density at radius 2 is 2.29 bits per heavy atom. The van der Waals surface area contributed by atoms with Gasteiger partial charge in [0, 0.05) is 13.7 Å². The maximum atomic E-state index is 11.2. The molecule has 1 rings (SSSR count). The van der Waals surface area contributed by atoms with E-state index >= 15 is 0 Å². The molecule has 1 saturated heterocycles. The van der Waals surface area contributed by atoms with Crippen molar-refractivity contribution in [3.63, 3.8) is 0 Å². The minimum absolute atomic E-state index is 0.0395. The first-order valence-electron chi connectivity index (χ1n) is 4.65. The van der Waals surface area contributed by atoms with Gasteiger partial charge < -0.3 is 10.5 Å². The van der Waals surface area contributed by atoms with Crippen LogP contribution in [0.5, 0.6) is 0 Å². The van der Waals surface area contributed by atoms with E-state index in [1.165, 1.54) is 7.11 Å². The molecule has 1 aliphatic rings. The number of primary amides is 1. The van der Waals surface area contributed by atoms with Gasteiger partial charge in [0.2, 0.25) is 5.91 Å². The first-order valence-corrected chi connectivity index (χ1v) is 4.65. The number of hydrogen-bond acceptors (Lipinski definition) is 4. The van der Waals surface area contributed by atoms with Crippen molar-refractivity contribution in [1.29, 1.82) is 0 Å². The summed E-state index contributed by atoms with van der Waals surface area (Å²) in [5.74, 6) is -0.324. The van der Waals surface area contributed by atoms with Gasteiger partial charge in [0.05, 0.1) is 12.5 Å². The van der Waals surface area contributed by atoms with Gasteiger partial charge in [-0.3, -0.25) is 14.5 Å². The highest BCUT2D eigenvalue weighted by Crippen LogP contribution is 2.14. The molecule has 1 amide bonds. The van der Waals surface area contributed by atoms with E-state index < -0.39 is 0 Å². The van der Waals surface area contributed by atoms with Crippen LogP contribution in [0.25, 0.3) is 0 Å². The monoisotopic (exact) mass is 200 g/mol. The number of hydrogen-bond donors (Lipinski definition) is 1. The highest BCUT2D eigenvalue weighted by molar-refractivity contribution is 5.82. The molecule has 2 N–H and O–H groups in total. The summed E-state index contributed by atoms with van der Waals surface area (Å²) >= 11 is 0. The number of Topliss-reactive ketones (excluding diaryl/α,β-unsaturated/α-hetero) is 1. The minimum Gasteiger partial charge on any atom is -0.377 e. The second-order valence-electron chi connectivity index (χ2n) is 3.59. The van der Waals surface area contributed by atoms with Crippen molar-refractivity contribution in [3.8, 4) is 0 Å². The Hall–Kier alpha value is -0.940. The number of likely N-dealkylation sites (tertiary alicyclic amines) is 1. The van der Waals surface area contributed by atoms with Gasteiger partial charge in [-0.1, -0.05) is 0 Å². The molecule has 0 radical (unpaired) electrons. The highest BCUT2D eigenvalue weighted by atomic mass is 16.5. The predicted octanol–water partition coefficient (Wildman–Crippen LogP) is -0.991. The lowest BCUT2D eigenvalue weighted by atomic mass is 10.1. The van der Waals surface area contributed by atoms with Crippen LogP contribution in [0.3, 0.4) is 0 Å². The molecule has 1 atom stereocenters. The predicted molar refractivity (Wildman–Crippen MR) is 50.6 cm³/mol. The smallest absolute Gasteiger partial charge is 0.221 e. The van der Waals surface area contributed by atoms with Crippen LogP contribution in [0, 0.1) is 5.92 Å². The van der Waals surface area contributed by atoms with Gasteiger partial charge >= 0.3 is 0 Å². The second kappa shape index (κ2) is 5.07. The number of amides is 1. The molecule has 80 valence electrons. The fourth-order valence-corrected chi connectivity index (χ4v) is 1.66. The number of nitrogens with zero attached hydrogens (tertiary/aromatic N) is 1. The maximum absolute atomic E-state index is 11.2. The van der Waals surface area contributed by atoms with Crippen molar-refractivity contribution in [1.82, 2.24) is 4.90 Å². The molecule has 1 fully saturated rings. The quantitative estimate of drug-likeness (QED) is 0.618. The molecule has 0 aromatic rings. The van der Waals surface area contributed by atoms with Crippen LogP contribution in [-0.4, -0.2) is 49.9 Å². The van der Waals surface area contributed by atoms with E-state index in [4.69, 9.17) is 10.5 Å². The number of rotatable bonds is 5. The Morgan fingerprint density at radius 3 is 2.79 bits per heavy atom. The topological polar surface area (TPSA) is 72.6 Å². The van der Waals surface area contributed by atoms with E-state index in [0.717, 1.165) is 13.0 Å². The Balaban J connectivity index is 2.28. The molecule has 0 aromatic heterocycles. The van der Waals surface area contributed by atoms with Crippen LogP contribution in [0.15, 0.2) is 0 Å². The molecular weight excluding hydrogens is 184 g/mol. The first-order chi connectivity index (χ1) is 6.63. The molecule has 1 heterocycles. The lowest BCUT2D eigenvalue weighted by Gasteiger charge is -2.13. The van der Waals surface area contributed by atoms with Gasteiger partial charge in [0.1, 0.15) is 6.61 Å². The molecular formula is C9H16N2O3. The number of nitrogens with two attached hydrogens (primary N) is 1. The van der Waals surface area contributed by atoms with Crippen molar-refractivity contribution in [2.24, 2.45) is 11.7 Å². The van der Waals surface area contributed by atoms with Gasteiger partial charge in [0.25, 0.3) is 0 Å². The van der Waals surface area contributed by atoms with Crippen LogP contribution >= 0.6 is 0 Å². The molecule has 0 saturated carbocycles. The highest BCUT2D eigenvalue weighted by Gasteiger charge is 2.27. The largest absolute Gasteiger partial charge is 0.377 e. The van der Waals surface area contributed by atoms with Crippen molar-refractivity contribution in [2.75, 3.05) is 33.4 Å². The van der Waals surface area contributed by atoms with E-state index in [0.29, 0.717) is 13.1 Å². The minimum atomic E-state index is -0.272. The van der Waals surface area contributed by atoms with Crippen LogP contribution in [-0.2, 0) is 14.3 Å². The summed E-state index contributed by atoms with van der Waals surface area (Å²) in [6, 6.07) is 0. The number of carbonyl (C=O) groups excluding carboxylic acids is 2. The molecule has 1 aliphatic heterocycles. The lowest BCUT2D eigenvalue weighted by molar-refractivity contribution is -0.124. The SMILES string of the molecule is COCC(=O)CN1CCC(C(N)=O)C1. The van der Waals surface area contributed by atoms with E-state index in [1.54, 1.807) is 0 Å². The second-order valence-corrected chi connectivity index (χ2v) is 3.59. The molecule has 1 unspecified atom stereocenters. The van der Waals surface area contributed by atoms with Gasteiger partial charge in [-0.15, -0.1) is 0 Å². The molecule has 0 bridgehead atoms. The molecule has 5 nitrogen and oxygen atoms in total. The third-order valence-electron chi connectivity index (χ3n) is 2.38. The summed E-state index contributed by atoms with van der Waals surface area (Å²) in [5.41, 5.74) is 5.17. The van der Waals surface area contributed by atoms with Crippen LogP contribution in [0.1, 0.15) is 6.42 Å². The molecule has 0 aliphatic carbocycles. The zero-order valence-corrected chi connectivity index (χ0v) is 8.36. The summed E-state index contributed by atoms with van der Waals surface area (Å²) in [6.07, 6.45) is 0.760. The zero-order valence-electron chi connectivity index (χ0n) is 8.36. The number of methoxy groups -OCH3 is 1. The van der Waals surface area contributed by atoms with E-state index in [1.807, 2.05) is 4.90 Å². The van der Waals surface area contributed by atoms with Crippen molar-refractivity contribution >= 4 is 11.7 Å². The van der Waals surface area contributed by atoms with Crippen molar-refractivity contribution in [3.05, 3.63) is 0 Å². The third kappa shape index (κ3) is 3.08. The molecule has 14 heavy (non-hydrogen) atoms. The van der Waals surface area contributed by atoms with Gasteiger partial charge in [-0.25, -0.2) is 0 Å². The van der Waals surface area contributed by atoms with Crippen LogP contribution in [0.4, 0.5) is 0 Å². The standard InChI is InChI=1S/C9H16N2O3/c1-14-6-8(12)5-11-3-2-7(4-11)9(10)13/h7H,2-6H2,1H3,(H2,10,13). The van der Waals surface area contributed by atoms with Gasteiger partial charge in [-0.05, 0) is 13.0 Å². The van der Waals surface area contributed by atoms with Crippen molar-refractivity contribution in [2.45, 2.75) is 6.42 Å². The summed E-state index contributed by atoms with van der Waals surface area (Å²) in [6.45, 7) is 1.86. The van der Waals surface area contributed by atoms with Crippen LogP contribution < -0.4 is 5.73 Å². The summed E-state index contributed by atoms with van der Waals surface area (Å²) in [7, 11) is 1.49. The summed E-state index contributed by atoms with van der Waals surface area (Å²) < 4.78 is 4.72. The average molecular weight is 200 g/mol. The first kappa shape index (κ1) is 11.1. The fourth-order valence-electron chi connectivity index (χ4n) is 1.66. The van der Waals surface area contributed by atoms with Crippen molar-refractivity contribution < 1.29 is 14.3 Å². The number of carbonyl (C=O) groups is 2. The van der Waals surface area contributed by atoms with Crippen LogP contribution in [0.2, 0.25) is 0 Å². The Bertz CT molecular complexity index is 230.